The summed E-state index contributed by atoms with van der Waals surface area (Å²) in [6.07, 6.45) is -3.11. The molecule has 6 nitrogen and oxygen atoms in total. The fourth-order valence-corrected chi connectivity index (χ4v) is 4.37. The molecule has 36 heavy (non-hydrogen) atoms. The number of nitrogens with zero attached hydrogens (tertiary/aromatic N) is 3. The summed E-state index contributed by atoms with van der Waals surface area (Å²) in [6, 6.07) is 14.8. The third-order valence-electron chi connectivity index (χ3n) is 5.14. The second-order valence-electron chi connectivity index (χ2n) is 7.59. The first kappa shape index (κ1) is 25.7. The fourth-order valence-electron chi connectivity index (χ4n) is 3.59. The van der Waals surface area contributed by atoms with E-state index in [1.807, 2.05) is 13.8 Å². The summed E-state index contributed by atoms with van der Waals surface area (Å²) in [6.45, 7) is 4.60. The van der Waals surface area contributed by atoms with Crippen LogP contribution < -0.4 is 15.0 Å². The number of hydrogen-bond acceptors (Lipinski definition) is 5. The maximum Gasteiger partial charge on any atom is 0.416 e. The van der Waals surface area contributed by atoms with E-state index in [1.54, 1.807) is 36.4 Å². The molecule has 0 bridgehead atoms. The minimum Gasteiger partial charge on any atom is -0.490 e. The van der Waals surface area contributed by atoms with Crippen LogP contribution in [0.1, 0.15) is 25.0 Å². The van der Waals surface area contributed by atoms with E-state index in [-0.39, 0.29) is 11.4 Å². The Morgan fingerprint density at radius 2 is 1.78 bits per heavy atom. The lowest BCUT2D eigenvalue weighted by Crippen LogP contribution is -2.20. The van der Waals surface area contributed by atoms with Crippen molar-refractivity contribution in [3.05, 3.63) is 85.7 Å². The van der Waals surface area contributed by atoms with Gasteiger partial charge < -0.3 is 9.47 Å². The van der Waals surface area contributed by atoms with E-state index in [1.165, 1.54) is 18.3 Å². The lowest BCUT2D eigenvalue weighted by molar-refractivity contribution is -0.137. The van der Waals surface area contributed by atoms with Crippen LogP contribution >= 0.6 is 22.6 Å². The number of halogens is 4. The molecular weight excluding hydrogens is 586 g/mol. The maximum atomic E-state index is 13.4. The third kappa shape index (κ3) is 5.38. The van der Waals surface area contributed by atoms with E-state index < -0.39 is 17.3 Å². The van der Waals surface area contributed by atoms with Gasteiger partial charge in [0.1, 0.15) is 0 Å². The molecule has 10 heteroatoms. The molecule has 1 aromatic heterocycles. The Morgan fingerprint density at radius 1 is 1.03 bits per heavy atom. The average Bonchev–Trinajstić information content (AvgIpc) is 2.85. The van der Waals surface area contributed by atoms with Gasteiger partial charge in [-0.1, -0.05) is 24.3 Å². The first-order valence-corrected chi connectivity index (χ1v) is 12.1. The second-order valence-corrected chi connectivity index (χ2v) is 8.75. The zero-order valence-electron chi connectivity index (χ0n) is 19.3. The van der Waals surface area contributed by atoms with Gasteiger partial charge in [0.25, 0.3) is 5.56 Å². The van der Waals surface area contributed by atoms with Gasteiger partial charge in [0.15, 0.2) is 17.3 Å². The number of rotatable bonds is 7. The number of benzene rings is 3. The SMILES string of the molecule is CCOc1cc(C=Nn2c(-c3cccc(C(F)(F)F)c3)nc3ccccc3c2=O)cc(I)c1OCC. The van der Waals surface area contributed by atoms with Gasteiger partial charge in [-0.15, -0.1) is 0 Å². The van der Waals surface area contributed by atoms with E-state index >= 15 is 0 Å². The van der Waals surface area contributed by atoms with E-state index in [0.29, 0.717) is 41.2 Å². The Morgan fingerprint density at radius 3 is 2.50 bits per heavy atom. The molecule has 0 unspecified atom stereocenters. The molecule has 0 amide bonds. The van der Waals surface area contributed by atoms with Crippen LogP contribution in [0.5, 0.6) is 11.5 Å². The van der Waals surface area contributed by atoms with Gasteiger partial charge in [-0.25, -0.2) is 4.98 Å². The Hall–Kier alpha value is -3.41. The highest BCUT2D eigenvalue weighted by molar-refractivity contribution is 14.1. The van der Waals surface area contributed by atoms with E-state index in [2.05, 4.69) is 32.7 Å². The quantitative estimate of drug-likeness (QED) is 0.181. The van der Waals surface area contributed by atoms with Crippen molar-refractivity contribution in [2.45, 2.75) is 20.0 Å². The summed E-state index contributed by atoms with van der Waals surface area (Å²) in [5, 5.41) is 4.64. The van der Waals surface area contributed by atoms with Gasteiger partial charge in [0.2, 0.25) is 0 Å². The van der Waals surface area contributed by atoms with E-state index in [9.17, 15) is 18.0 Å². The lowest BCUT2D eigenvalue weighted by Gasteiger charge is -2.14. The number of hydrogen-bond donors (Lipinski definition) is 0. The van der Waals surface area contributed by atoms with Gasteiger partial charge >= 0.3 is 6.18 Å². The molecule has 4 rings (SSSR count). The van der Waals surface area contributed by atoms with Gasteiger partial charge in [0, 0.05) is 5.56 Å². The normalized spacial score (nSPS) is 11.8. The lowest BCUT2D eigenvalue weighted by atomic mass is 10.1. The molecule has 0 aliphatic rings. The Kier molecular flexibility index (Phi) is 7.62. The standard InChI is InChI=1S/C26H21F3IN3O3/c1-3-35-22-13-16(12-20(30)23(22)36-4-2)15-31-33-24(17-8-7-9-18(14-17)26(27,28)29)32-21-11-6-5-10-19(21)25(33)34/h5-15H,3-4H2,1-2H3. The number of alkyl halides is 3. The average molecular weight is 607 g/mol. The molecule has 0 fully saturated rings. The first-order valence-electron chi connectivity index (χ1n) is 11.1. The van der Waals surface area contributed by atoms with Crippen LogP contribution in [0, 0.1) is 3.57 Å². The molecule has 4 aromatic rings. The summed E-state index contributed by atoms with van der Waals surface area (Å²) in [5.74, 6) is 1.12. The molecule has 0 aliphatic carbocycles. The molecule has 186 valence electrons. The molecule has 0 N–H and O–H groups in total. The largest absolute Gasteiger partial charge is 0.490 e. The van der Waals surface area contributed by atoms with Crippen molar-refractivity contribution in [2.24, 2.45) is 5.10 Å². The van der Waals surface area contributed by atoms with E-state index in [0.717, 1.165) is 20.4 Å². The predicted octanol–water partition coefficient (Wildman–Crippen LogP) is 6.37. The molecule has 1 heterocycles. The second kappa shape index (κ2) is 10.7. The Labute approximate surface area is 218 Å². The number of aromatic nitrogens is 2. The summed E-state index contributed by atoms with van der Waals surface area (Å²) >= 11 is 2.12. The van der Waals surface area contributed by atoms with Gasteiger partial charge in [-0.2, -0.15) is 22.9 Å². The minimum atomic E-state index is -4.55. The fraction of sp³-hybridized carbons (Fsp3) is 0.192. The van der Waals surface area contributed by atoms with Crippen molar-refractivity contribution in [1.82, 2.24) is 9.66 Å². The summed E-state index contributed by atoms with van der Waals surface area (Å²) in [4.78, 5) is 17.8. The smallest absolute Gasteiger partial charge is 0.416 e. The number of fused-ring (bicyclic) bond motifs is 1. The van der Waals surface area contributed by atoms with Crippen molar-refractivity contribution in [3.63, 3.8) is 0 Å². The Bertz CT molecular complexity index is 1500. The summed E-state index contributed by atoms with van der Waals surface area (Å²) in [7, 11) is 0. The number of para-hydroxylation sites is 1. The zero-order chi connectivity index (χ0) is 25.9. The molecule has 0 radical (unpaired) electrons. The minimum absolute atomic E-state index is 0.00767. The van der Waals surface area contributed by atoms with Crippen LogP contribution in [0.4, 0.5) is 13.2 Å². The highest BCUT2D eigenvalue weighted by atomic mass is 127. The Balaban J connectivity index is 1.89. The van der Waals surface area contributed by atoms with Gasteiger partial charge in [0.05, 0.1) is 39.5 Å². The number of ether oxygens (including phenoxy) is 2. The van der Waals surface area contributed by atoms with Crippen LogP contribution in [-0.2, 0) is 6.18 Å². The topological polar surface area (TPSA) is 65.7 Å². The highest BCUT2D eigenvalue weighted by Gasteiger charge is 2.31. The summed E-state index contributed by atoms with van der Waals surface area (Å²) < 4.78 is 53.3. The van der Waals surface area contributed by atoms with E-state index in [4.69, 9.17) is 9.47 Å². The molecule has 0 atom stereocenters. The molecule has 0 saturated carbocycles. The predicted molar refractivity (Wildman–Crippen MR) is 141 cm³/mol. The van der Waals surface area contributed by atoms with Gasteiger partial charge in [-0.3, -0.25) is 4.79 Å². The maximum absolute atomic E-state index is 13.4. The van der Waals surface area contributed by atoms with Crippen molar-refractivity contribution < 1.29 is 22.6 Å². The zero-order valence-corrected chi connectivity index (χ0v) is 21.5. The molecular formula is C26H21F3IN3O3. The van der Waals surface area contributed by atoms with Crippen molar-refractivity contribution in [3.8, 4) is 22.9 Å². The van der Waals surface area contributed by atoms with Crippen molar-refractivity contribution in [2.75, 3.05) is 13.2 Å². The van der Waals surface area contributed by atoms with Crippen LogP contribution in [0.25, 0.3) is 22.3 Å². The van der Waals surface area contributed by atoms with Crippen LogP contribution in [-0.4, -0.2) is 29.1 Å². The molecule has 3 aromatic carbocycles. The van der Waals surface area contributed by atoms with Crippen LogP contribution in [0.3, 0.4) is 0 Å². The van der Waals surface area contributed by atoms with Crippen LogP contribution in [0.15, 0.2) is 70.6 Å². The third-order valence-corrected chi connectivity index (χ3v) is 5.95. The molecule has 0 saturated heterocycles. The first-order chi connectivity index (χ1) is 17.2. The summed E-state index contributed by atoms with van der Waals surface area (Å²) in [5.41, 5.74) is -0.270. The highest BCUT2D eigenvalue weighted by Crippen LogP contribution is 2.34. The van der Waals surface area contributed by atoms with Crippen LogP contribution in [0.2, 0.25) is 0 Å². The van der Waals surface area contributed by atoms with Gasteiger partial charge in [-0.05, 0) is 78.4 Å². The monoisotopic (exact) mass is 607 g/mol. The van der Waals surface area contributed by atoms with Crippen molar-refractivity contribution in [1.29, 1.82) is 0 Å². The molecule has 0 aliphatic heterocycles. The van der Waals surface area contributed by atoms with Crippen molar-refractivity contribution >= 4 is 39.7 Å². The molecule has 0 spiro atoms.